The highest BCUT2D eigenvalue weighted by atomic mass is 32.1. The summed E-state index contributed by atoms with van der Waals surface area (Å²) in [6.07, 6.45) is 4.26. The molecule has 1 saturated heterocycles. The molecule has 0 bridgehead atoms. The molecular formula is C14H23N3OS. The van der Waals surface area contributed by atoms with Gasteiger partial charge < -0.3 is 10.1 Å². The van der Waals surface area contributed by atoms with Crippen LogP contribution in [-0.4, -0.2) is 35.0 Å². The van der Waals surface area contributed by atoms with E-state index in [1.54, 1.807) is 11.3 Å². The summed E-state index contributed by atoms with van der Waals surface area (Å²) in [6.45, 7) is 7.60. The molecule has 1 aromatic rings. The highest BCUT2D eigenvalue weighted by Crippen LogP contribution is 2.40. The van der Waals surface area contributed by atoms with Gasteiger partial charge >= 0.3 is 0 Å². The van der Waals surface area contributed by atoms with Gasteiger partial charge in [0.25, 0.3) is 0 Å². The van der Waals surface area contributed by atoms with Crippen molar-refractivity contribution < 1.29 is 4.74 Å². The second-order valence-electron chi connectivity index (χ2n) is 5.94. The zero-order valence-electron chi connectivity index (χ0n) is 11.9. The fourth-order valence-electron chi connectivity index (χ4n) is 2.87. The lowest BCUT2D eigenvalue weighted by Gasteiger charge is -2.14. The molecule has 2 fully saturated rings. The summed E-state index contributed by atoms with van der Waals surface area (Å²) in [7, 11) is 0. The van der Waals surface area contributed by atoms with Crippen LogP contribution in [0.3, 0.4) is 0 Å². The zero-order chi connectivity index (χ0) is 13.4. The Bertz CT molecular complexity index is 432. The molecule has 0 aromatic carbocycles. The van der Waals surface area contributed by atoms with Gasteiger partial charge in [-0.15, -0.1) is 21.5 Å². The van der Waals surface area contributed by atoms with Crippen molar-refractivity contribution in [3.63, 3.8) is 0 Å². The van der Waals surface area contributed by atoms with Crippen molar-refractivity contribution >= 4 is 11.3 Å². The van der Waals surface area contributed by atoms with Gasteiger partial charge in [0.05, 0.1) is 12.2 Å². The number of nitrogens with one attached hydrogen (secondary N) is 1. The normalized spacial score (nSPS) is 34.9. The van der Waals surface area contributed by atoms with E-state index >= 15 is 0 Å². The fourth-order valence-corrected chi connectivity index (χ4v) is 4.02. The zero-order valence-corrected chi connectivity index (χ0v) is 12.7. The Labute approximate surface area is 119 Å². The monoisotopic (exact) mass is 281 g/mol. The average Bonchev–Trinajstić information content (AvgIpc) is 3.01. The minimum Gasteiger partial charge on any atom is -0.375 e. The van der Waals surface area contributed by atoms with Crippen molar-refractivity contribution in [2.75, 3.05) is 6.54 Å². The Morgan fingerprint density at radius 2 is 2.00 bits per heavy atom. The molecule has 5 heteroatoms. The number of aromatic nitrogens is 2. The first-order chi connectivity index (χ1) is 9.15. The maximum Gasteiger partial charge on any atom is 0.123 e. The first-order valence-corrected chi connectivity index (χ1v) is 8.18. The molecule has 19 heavy (non-hydrogen) atoms. The smallest absolute Gasteiger partial charge is 0.123 e. The van der Waals surface area contributed by atoms with E-state index in [0.29, 0.717) is 17.9 Å². The lowest BCUT2D eigenvalue weighted by atomic mass is 9.90. The van der Waals surface area contributed by atoms with Crippen molar-refractivity contribution in [1.82, 2.24) is 15.5 Å². The third-order valence-electron chi connectivity index (χ3n) is 4.36. The summed E-state index contributed by atoms with van der Waals surface area (Å²) in [4.78, 5) is 0. The van der Waals surface area contributed by atoms with E-state index in [-0.39, 0.29) is 6.10 Å². The fraction of sp³-hybridized carbons (Fsp3) is 0.857. The molecule has 4 unspecified atom stereocenters. The maximum absolute atomic E-state index is 5.90. The van der Waals surface area contributed by atoms with Crippen LogP contribution in [0.5, 0.6) is 0 Å². The Morgan fingerprint density at radius 3 is 2.63 bits per heavy atom. The number of hydrogen-bond donors (Lipinski definition) is 1. The van der Waals surface area contributed by atoms with Crippen LogP contribution in [0.4, 0.5) is 0 Å². The standard InChI is InChI=1S/C14H23N3OS/c1-8-9(2)18-10(3)13(8)14-17-16-12(19-14)6-7-15-11-4-5-11/h8-11,13,15H,4-7H2,1-3H3. The topological polar surface area (TPSA) is 47.0 Å². The van der Waals surface area contributed by atoms with Gasteiger partial charge in [0.1, 0.15) is 10.0 Å². The lowest BCUT2D eigenvalue weighted by molar-refractivity contribution is 0.0556. The molecular weight excluding hydrogens is 258 g/mol. The van der Waals surface area contributed by atoms with Crippen LogP contribution in [0.15, 0.2) is 0 Å². The maximum atomic E-state index is 5.90. The molecule has 1 saturated carbocycles. The van der Waals surface area contributed by atoms with Gasteiger partial charge in [0.15, 0.2) is 0 Å². The number of rotatable bonds is 5. The number of ether oxygens (including phenoxy) is 1. The Kier molecular flexibility index (Phi) is 3.87. The minimum atomic E-state index is 0.260. The van der Waals surface area contributed by atoms with Gasteiger partial charge in [-0.1, -0.05) is 6.92 Å². The van der Waals surface area contributed by atoms with E-state index in [4.69, 9.17) is 4.74 Å². The molecule has 2 heterocycles. The minimum absolute atomic E-state index is 0.260. The SMILES string of the molecule is CC1OC(C)C(c2nnc(CCNC3CC3)s2)C1C. The van der Waals surface area contributed by atoms with Gasteiger partial charge in [0.2, 0.25) is 0 Å². The van der Waals surface area contributed by atoms with Crippen LogP contribution in [0.1, 0.15) is 49.5 Å². The first-order valence-electron chi connectivity index (χ1n) is 7.36. The molecule has 1 aromatic heterocycles. The lowest BCUT2D eigenvalue weighted by Crippen LogP contribution is -2.19. The van der Waals surface area contributed by atoms with E-state index < -0.39 is 0 Å². The quantitative estimate of drug-likeness (QED) is 0.900. The van der Waals surface area contributed by atoms with Crippen molar-refractivity contribution in [3.8, 4) is 0 Å². The summed E-state index contributed by atoms with van der Waals surface area (Å²) in [5, 5.41) is 14.6. The van der Waals surface area contributed by atoms with E-state index in [0.717, 1.165) is 29.0 Å². The molecule has 4 atom stereocenters. The Hall–Kier alpha value is -0.520. The summed E-state index contributed by atoms with van der Waals surface area (Å²) in [5.41, 5.74) is 0. The largest absolute Gasteiger partial charge is 0.375 e. The second-order valence-corrected chi connectivity index (χ2v) is 7.04. The average molecular weight is 281 g/mol. The van der Waals surface area contributed by atoms with Crippen molar-refractivity contribution in [2.24, 2.45) is 5.92 Å². The molecule has 3 rings (SSSR count). The molecule has 1 aliphatic heterocycles. The van der Waals surface area contributed by atoms with Crippen molar-refractivity contribution in [3.05, 3.63) is 10.0 Å². The van der Waals surface area contributed by atoms with Crippen LogP contribution in [0.2, 0.25) is 0 Å². The summed E-state index contributed by atoms with van der Waals surface area (Å²) in [5.74, 6) is 0.943. The van der Waals surface area contributed by atoms with Crippen LogP contribution in [-0.2, 0) is 11.2 Å². The van der Waals surface area contributed by atoms with Crippen LogP contribution >= 0.6 is 11.3 Å². The van der Waals surface area contributed by atoms with Crippen molar-refractivity contribution in [2.45, 2.75) is 64.2 Å². The van der Waals surface area contributed by atoms with E-state index in [2.05, 4.69) is 36.3 Å². The predicted molar refractivity (Wildman–Crippen MR) is 76.6 cm³/mol. The van der Waals surface area contributed by atoms with E-state index in [9.17, 15) is 0 Å². The summed E-state index contributed by atoms with van der Waals surface area (Å²) < 4.78 is 5.90. The highest BCUT2D eigenvalue weighted by molar-refractivity contribution is 7.11. The molecule has 4 nitrogen and oxygen atoms in total. The molecule has 0 spiro atoms. The van der Waals surface area contributed by atoms with Gasteiger partial charge in [0, 0.05) is 24.9 Å². The van der Waals surface area contributed by atoms with Crippen LogP contribution in [0, 0.1) is 5.92 Å². The molecule has 2 aliphatic rings. The summed E-state index contributed by atoms with van der Waals surface area (Å²) >= 11 is 1.77. The molecule has 1 aliphatic carbocycles. The van der Waals surface area contributed by atoms with Gasteiger partial charge in [-0.25, -0.2) is 0 Å². The predicted octanol–water partition coefficient (Wildman–Crippen LogP) is 2.36. The molecule has 106 valence electrons. The Balaban J connectivity index is 1.60. The number of nitrogens with zero attached hydrogens (tertiary/aromatic N) is 2. The number of hydrogen-bond acceptors (Lipinski definition) is 5. The summed E-state index contributed by atoms with van der Waals surface area (Å²) in [6, 6.07) is 0.775. The highest BCUT2D eigenvalue weighted by Gasteiger charge is 2.39. The molecule has 0 radical (unpaired) electrons. The Morgan fingerprint density at radius 1 is 1.21 bits per heavy atom. The van der Waals surface area contributed by atoms with Gasteiger partial charge in [-0.05, 0) is 32.6 Å². The van der Waals surface area contributed by atoms with Crippen LogP contribution < -0.4 is 5.32 Å². The van der Waals surface area contributed by atoms with Gasteiger partial charge in [-0.3, -0.25) is 0 Å². The first kappa shape index (κ1) is 13.5. The van der Waals surface area contributed by atoms with Crippen molar-refractivity contribution in [1.29, 1.82) is 0 Å². The third kappa shape index (κ3) is 2.98. The van der Waals surface area contributed by atoms with Crippen LogP contribution in [0.25, 0.3) is 0 Å². The van der Waals surface area contributed by atoms with Gasteiger partial charge in [-0.2, -0.15) is 0 Å². The van der Waals surface area contributed by atoms with E-state index in [1.165, 1.54) is 12.8 Å². The third-order valence-corrected chi connectivity index (χ3v) is 5.44. The van der Waals surface area contributed by atoms with E-state index in [1.807, 2.05) is 0 Å². The molecule has 0 amide bonds. The second kappa shape index (κ2) is 5.46. The molecule has 1 N–H and O–H groups in total.